The third-order valence-electron chi connectivity index (χ3n) is 3.35. The minimum atomic E-state index is -4.44. The second-order valence-corrected chi connectivity index (χ2v) is 6.53. The second kappa shape index (κ2) is 11.8. The Morgan fingerprint density at radius 3 is 2.52 bits per heavy atom. The molecule has 1 heterocycles. The number of halogens is 4. The highest BCUT2D eigenvalue weighted by Gasteiger charge is 2.33. The molecule has 2 rings (SSSR count). The Bertz CT molecular complexity index is 812. The lowest BCUT2D eigenvalue weighted by molar-refractivity contribution is -0.140. The summed E-state index contributed by atoms with van der Waals surface area (Å²) in [5, 5.41) is 19.1. The number of alkyl halides is 3. The number of nitrogens with zero attached hydrogens (tertiary/aromatic N) is 2. The van der Waals surface area contributed by atoms with Crippen molar-refractivity contribution < 1.29 is 23.1 Å². The number of carbonyl (C=O) groups excluding carboxylic acids is 1. The fourth-order valence-electron chi connectivity index (χ4n) is 2.08. The molecule has 1 aromatic heterocycles. The van der Waals surface area contributed by atoms with E-state index in [1.807, 2.05) is 6.92 Å². The van der Waals surface area contributed by atoms with Crippen molar-refractivity contribution in [3.63, 3.8) is 0 Å². The maximum atomic E-state index is 12.6. The van der Waals surface area contributed by atoms with Crippen molar-refractivity contribution in [2.75, 3.05) is 25.0 Å². The van der Waals surface area contributed by atoms with Crippen molar-refractivity contribution in [1.29, 1.82) is 0 Å². The molecule has 160 valence electrons. The molecule has 0 fully saturated rings. The van der Waals surface area contributed by atoms with Gasteiger partial charge in [0.25, 0.3) is 0 Å². The molecule has 4 N–H and O–H groups in total. The van der Waals surface area contributed by atoms with Gasteiger partial charge in [-0.05, 0) is 31.2 Å². The SMILES string of the molecule is CCNC(=NCC(=O)Nc1ccc(O)cc1)NCCc1nc(C(F)(F)F)cs1.I. The van der Waals surface area contributed by atoms with Gasteiger partial charge in [-0.2, -0.15) is 13.2 Å². The predicted molar refractivity (Wildman–Crippen MR) is 117 cm³/mol. The number of amides is 1. The highest BCUT2D eigenvalue weighted by Crippen LogP contribution is 2.29. The van der Waals surface area contributed by atoms with Gasteiger partial charge in [0.1, 0.15) is 12.3 Å². The summed E-state index contributed by atoms with van der Waals surface area (Å²) in [6.07, 6.45) is -4.14. The largest absolute Gasteiger partial charge is 0.508 e. The van der Waals surface area contributed by atoms with Crippen LogP contribution < -0.4 is 16.0 Å². The first kappa shape index (κ1) is 24.9. The average Bonchev–Trinajstić information content (AvgIpc) is 3.11. The van der Waals surface area contributed by atoms with Crippen molar-refractivity contribution in [2.24, 2.45) is 4.99 Å². The minimum Gasteiger partial charge on any atom is -0.508 e. The quantitative estimate of drug-likeness (QED) is 0.186. The zero-order valence-electron chi connectivity index (χ0n) is 15.4. The molecule has 29 heavy (non-hydrogen) atoms. The molecule has 0 spiro atoms. The van der Waals surface area contributed by atoms with Crippen LogP contribution in [-0.2, 0) is 17.4 Å². The Kier molecular flexibility index (Phi) is 10.2. The summed E-state index contributed by atoms with van der Waals surface area (Å²) in [6, 6.07) is 6.02. The molecule has 0 radical (unpaired) electrons. The molecular weight excluding hydrogens is 522 g/mol. The molecule has 0 aliphatic carbocycles. The Morgan fingerprint density at radius 1 is 1.24 bits per heavy atom. The average molecular weight is 543 g/mol. The molecule has 0 bridgehead atoms. The highest BCUT2D eigenvalue weighted by molar-refractivity contribution is 14.0. The van der Waals surface area contributed by atoms with E-state index in [2.05, 4.69) is 25.9 Å². The zero-order valence-corrected chi connectivity index (χ0v) is 18.6. The molecule has 2 aromatic rings. The van der Waals surface area contributed by atoms with E-state index in [0.29, 0.717) is 36.2 Å². The topological polar surface area (TPSA) is 98.6 Å². The van der Waals surface area contributed by atoms with Crippen LogP contribution in [0.25, 0.3) is 0 Å². The maximum Gasteiger partial charge on any atom is 0.434 e. The number of nitrogens with one attached hydrogen (secondary N) is 3. The van der Waals surface area contributed by atoms with E-state index in [-0.39, 0.29) is 42.2 Å². The fourth-order valence-corrected chi connectivity index (χ4v) is 2.89. The van der Waals surface area contributed by atoms with E-state index < -0.39 is 11.9 Å². The molecule has 1 amide bonds. The minimum absolute atomic E-state index is 0. The predicted octanol–water partition coefficient (Wildman–Crippen LogP) is 3.22. The molecule has 0 unspecified atom stereocenters. The van der Waals surface area contributed by atoms with Gasteiger partial charge in [-0.25, -0.2) is 9.98 Å². The molecule has 0 aliphatic heterocycles. The number of benzene rings is 1. The van der Waals surface area contributed by atoms with Crippen molar-refractivity contribution in [1.82, 2.24) is 15.6 Å². The first-order valence-electron chi connectivity index (χ1n) is 8.40. The van der Waals surface area contributed by atoms with Gasteiger partial charge in [0.05, 0.1) is 5.01 Å². The smallest absolute Gasteiger partial charge is 0.434 e. The van der Waals surface area contributed by atoms with E-state index in [1.165, 1.54) is 12.1 Å². The van der Waals surface area contributed by atoms with Crippen molar-refractivity contribution in [3.05, 3.63) is 40.3 Å². The number of phenols is 1. The van der Waals surface area contributed by atoms with Crippen LogP contribution in [0.3, 0.4) is 0 Å². The van der Waals surface area contributed by atoms with Gasteiger partial charge in [0.15, 0.2) is 11.7 Å². The lowest BCUT2D eigenvalue weighted by atomic mass is 10.3. The summed E-state index contributed by atoms with van der Waals surface area (Å²) < 4.78 is 37.7. The van der Waals surface area contributed by atoms with Gasteiger partial charge < -0.3 is 21.1 Å². The molecular formula is C17H21F3IN5O2S. The lowest BCUT2D eigenvalue weighted by Gasteiger charge is -2.10. The zero-order chi connectivity index (χ0) is 20.6. The van der Waals surface area contributed by atoms with E-state index in [1.54, 1.807) is 12.1 Å². The van der Waals surface area contributed by atoms with E-state index in [4.69, 9.17) is 0 Å². The van der Waals surface area contributed by atoms with Crippen molar-refractivity contribution >= 4 is 52.9 Å². The van der Waals surface area contributed by atoms with Crippen LogP contribution in [0.5, 0.6) is 5.75 Å². The van der Waals surface area contributed by atoms with Crippen LogP contribution in [-0.4, -0.2) is 41.6 Å². The summed E-state index contributed by atoms with van der Waals surface area (Å²) in [7, 11) is 0. The third-order valence-corrected chi connectivity index (χ3v) is 4.26. The van der Waals surface area contributed by atoms with E-state index >= 15 is 0 Å². The van der Waals surface area contributed by atoms with Crippen molar-refractivity contribution in [2.45, 2.75) is 19.5 Å². The monoisotopic (exact) mass is 543 g/mol. The van der Waals surface area contributed by atoms with Gasteiger partial charge in [0, 0.05) is 30.6 Å². The number of hydrogen-bond donors (Lipinski definition) is 4. The molecule has 0 aliphatic rings. The number of carbonyl (C=O) groups is 1. The number of thiazole rings is 1. The highest BCUT2D eigenvalue weighted by atomic mass is 127. The summed E-state index contributed by atoms with van der Waals surface area (Å²) in [4.78, 5) is 19.6. The molecule has 1 aromatic carbocycles. The van der Waals surface area contributed by atoms with Gasteiger partial charge >= 0.3 is 6.18 Å². The number of guanidine groups is 1. The first-order chi connectivity index (χ1) is 13.3. The van der Waals surface area contributed by atoms with Crippen LogP contribution in [0.4, 0.5) is 18.9 Å². The van der Waals surface area contributed by atoms with Crippen LogP contribution in [0.2, 0.25) is 0 Å². The molecule has 0 saturated carbocycles. The summed E-state index contributed by atoms with van der Waals surface area (Å²) in [6.45, 7) is 2.58. The fraction of sp³-hybridized carbons (Fsp3) is 0.353. The Morgan fingerprint density at radius 2 is 1.93 bits per heavy atom. The first-order valence-corrected chi connectivity index (χ1v) is 9.28. The molecule has 0 atom stereocenters. The lowest BCUT2D eigenvalue weighted by Crippen LogP contribution is -2.39. The van der Waals surface area contributed by atoms with Gasteiger partial charge in [-0.3, -0.25) is 4.79 Å². The number of phenolic OH excluding ortho intramolecular Hbond substituents is 1. The Labute approximate surface area is 186 Å². The summed E-state index contributed by atoms with van der Waals surface area (Å²) in [5.74, 6) is 0.117. The number of aliphatic imine (C=N–C) groups is 1. The number of aromatic hydroxyl groups is 1. The van der Waals surface area contributed by atoms with Crippen LogP contribution in [0.1, 0.15) is 17.6 Å². The van der Waals surface area contributed by atoms with Crippen molar-refractivity contribution in [3.8, 4) is 5.75 Å². The second-order valence-electron chi connectivity index (χ2n) is 5.59. The normalized spacial score (nSPS) is 11.5. The summed E-state index contributed by atoms with van der Waals surface area (Å²) in [5.41, 5.74) is -0.362. The number of anilines is 1. The van der Waals surface area contributed by atoms with Crippen LogP contribution in [0.15, 0.2) is 34.6 Å². The third kappa shape index (κ3) is 8.85. The van der Waals surface area contributed by atoms with Gasteiger partial charge in [0.2, 0.25) is 5.91 Å². The van der Waals surface area contributed by atoms with E-state index in [9.17, 15) is 23.1 Å². The number of aromatic nitrogens is 1. The summed E-state index contributed by atoms with van der Waals surface area (Å²) >= 11 is 0.949. The molecule has 7 nitrogen and oxygen atoms in total. The van der Waals surface area contributed by atoms with E-state index in [0.717, 1.165) is 16.7 Å². The molecule has 0 saturated heterocycles. The number of rotatable bonds is 7. The number of hydrogen-bond acceptors (Lipinski definition) is 5. The Hall–Kier alpha value is -2.09. The van der Waals surface area contributed by atoms with Gasteiger partial charge in [-0.15, -0.1) is 35.3 Å². The molecule has 12 heteroatoms. The maximum absolute atomic E-state index is 12.6. The Balaban J connectivity index is 0.00000420. The van der Waals surface area contributed by atoms with Gasteiger partial charge in [-0.1, -0.05) is 0 Å². The standard InChI is InChI=1S/C17H20F3N5O2S.HI/c1-2-21-16(22-8-7-15-25-13(10-28-15)17(18,19)20)23-9-14(27)24-11-3-5-12(26)6-4-11;/h3-6,10,26H,2,7-9H2,1H3,(H,24,27)(H2,21,22,23);1H. The van der Waals surface area contributed by atoms with Crippen LogP contribution in [0, 0.1) is 0 Å². The van der Waals surface area contributed by atoms with Crippen LogP contribution >= 0.6 is 35.3 Å².